The van der Waals surface area contributed by atoms with Gasteiger partial charge < -0.3 is 9.80 Å². The third-order valence-corrected chi connectivity index (χ3v) is 11.9. The van der Waals surface area contributed by atoms with Crippen molar-refractivity contribution in [3.8, 4) is 22.3 Å². The quantitative estimate of drug-likeness (QED) is 0.107. The minimum absolute atomic E-state index is 0.195. The molecule has 2 heteroatoms. The van der Waals surface area contributed by atoms with Gasteiger partial charge in [0.05, 0.1) is 6.04 Å². The molecule has 2 atom stereocenters. The Bertz CT molecular complexity index is 2790. The van der Waals surface area contributed by atoms with E-state index in [0.717, 1.165) is 29.9 Å². The molecule has 2 unspecified atom stereocenters. The highest BCUT2D eigenvalue weighted by Gasteiger charge is 2.22. The van der Waals surface area contributed by atoms with Gasteiger partial charge in [0.25, 0.3) is 0 Å². The lowest BCUT2D eigenvalue weighted by Crippen LogP contribution is -2.30. The van der Waals surface area contributed by atoms with Crippen LogP contribution in [-0.2, 0) is 0 Å². The van der Waals surface area contributed by atoms with Crippen LogP contribution in [-0.4, -0.2) is 6.04 Å². The van der Waals surface area contributed by atoms with Crippen molar-refractivity contribution in [1.29, 1.82) is 0 Å². The maximum absolute atomic E-state index is 4.14. The molecule has 0 fully saturated rings. The highest BCUT2D eigenvalue weighted by atomic mass is 15.2. The number of hydrogen-bond acceptors (Lipinski definition) is 2. The highest BCUT2D eigenvalue weighted by molar-refractivity contribution is 5.81. The molecule has 9 rings (SSSR count). The second-order valence-corrected chi connectivity index (χ2v) is 15.8. The molecule has 2 aliphatic carbocycles. The Labute approximate surface area is 367 Å². The lowest BCUT2D eigenvalue weighted by Gasteiger charge is -2.33. The fraction of sp³-hybridized carbons (Fsp3) is 0.0667. The minimum Gasteiger partial charge on any atom is -0.334 e. The van der Waals surface area contributed by atoms with Gasteiger partial charge in [0.1, 0.15) is 0 Å². The number of allylic oxidation sites excluding steroid dienone is 9. The first-order valence-corrected chi connectivity index (χ1v) is 21.5. The Morgan fingerprint density at radius 3 is 1.58 bits per heavy atom. The number of rotatable bonds is 13. The summed E-state index contributed by atoms with van der Waals surface area (Å²) in [4.78, 5) is 4.69. The van der Waals surface area contributed by atoms with E-state index in [-0.39, 0.29) is 12.0 Å². The molecule has 0 radical (unpaired) electrons. The van der Waals surface area contributed by atoms with E-state index in [4.69, 9.17) is 0 Å². The lowest BCUT2D eigenvalue weighted by molar-refractivity contribution is 0.787. The van der Waals surface area contributed by atoms with Gasteiger partial charge in [-0.05, 0) is 124 Å². The summed E-state index contributed by atoms with van der Waals surface area (Å²) in [5.74, 6) is 0.283. The van der Waals surface area contributed by atoms with Crippen LogP contribution < -0.4 is 9.80 Å². The number of anilines is 4. The number of nitrogens with zero attached hydrogens (tertiary/aromatic N) is 2. The predicted octanol–water partition coefficient (Wildman–Crippen LogP) is 16.1. The summed E-state index contributed by atoms with van der Waals surface area (Å²) in [6, 6.07) is 67.7. The maximum atomic E-state index is 4.14. The summed E-state index contributed by atoms with van der Waals surface area (Å²) < 4.78 is 0. The summed E-state index contributed by atoms with van der Waals surface area (Å²) in [5, 5.41) is 0. The molecule has 7 aromatic carbocycles. The second-order valence-electron chi connectivity index (χ2n) is 15.8. The molecule has 2 nitrogen and oxygen atoms in total. The predicted molar refractivity (Wildman–Crippen MR) is 266 cm³/mol. The second kappa shape index (κ2) is 18.7. The van der Waals surface area contributed by atoms with Gasteiger partial charge in [0.15, 0.2) is 0 Å². The fourth-order valence-corrected chi connectivity index (χ4v) is 8.67. The molecule has 62 heavy (non-hydrogen) atoms. The molecule has 2 aliphatic rings. The summed E-state index contributed by atoms with van der Waals surface area (Å²) >= 11 is 0. The maximum Gasteiger partial charge on any atom is 0.0560 e. The van der Waals surface area contributed by atoms with E-state index in [1.807, 2.05) is 24.3 Å². The monoisotopic (exact) mass is 798 g/mol. The van der Waals surface area contributed by atoms with Crippen molar-refractivity contribution in [1.82, 2.24) is 0 Å². The molecule has 0 aliphatic heterocycles. The van der Waals surface area contributed by atoms with E-state index in [1.54, 1.807) is 0 Å². The standard InChI is InChI=1S/C60H50N2/c1-3-16-55(4-2)61(57-35-27-47(28-36-57)45-17-8-5-9-18-45)58-39-31-49(32-40-58)51-21-14-23-53(43-51)54-24-15-22-52(44-54)50-33-41-60(42-34-50)62(56-25-12-7-13-26-56)59-37-29-48(30-38-59)46-19-10-6-11-20-46/h3-22,24-41,43-44,53,60H,1-2,23,42H2/b55-16+. The summed E-state index contributed by atoms with van der Waals surface area (Å²) in [6.45, 7) is 8.12. The van der Waals surface area contributed by atoms with Crippen LogP contribution in [0.15, 0.2) is 262 Å². The van der Waals surface area contributed by atoms with Crippen molar-refractivity contribution in [3.63, 3.8) is 0 Å². The highest BCUT2D eigenvalue weighted by Crippen LogP contribution is 2.38. The topological polar surface area (TPSA) is 6.48 Å². The lowest BCUT2D eigenvalue weighted by atomic mass is 9.85. The molecule has 0 bridgehead atoms. The van der Waals surface area contributed by atoms with Gasteiger partial charge in [-0.3, -0.25) is 0 Å². The van der Waals surface area contributed by atoms with E-state index in [2.05, 4.69) is 241 Å². The van der Waals surface area contributed by atoms with Crippen molar-refractivity contribution >= 4 is 33.9 Å². The first kappa shape index (κ1) is 39.8. The molecule has 7 aromatic rings. The first-order chi connectivity index (χ1) is 30.6. The Morgan fingerprint density at radius 1 is 0.484 bits per heavy atom. The minimum atomic E-state index is 0.195. The van der Waals surface area contributed by atoms with Gasteiger partial charge in [0.2, 0.25) is 0 Å². The van der Waals surface area contributed by atoms with E-state index in [1.165, 1.54) is 61.5 Å². The Hall–Kier alpha value is -7.68. The number of para-hydroxylation sites is 1. The van der Waals surface area contributed by atoms with Gasteiger partial charge in [-0.25, -0.2) is 0 Å². The summed E-state index contributed by atoms with van der Waals surface area (Å²) in [7, 11) is 0. The SMILES string of the molecule is C=C/C=C(\C=C)N(c1ccc(C2=CC(c3cccc(C4=CCC(N(c5ccccc5)c5ccc(-c6ccccc6)cc5)C=C4)c3)CC=C2)cc1)c1ccc(-c2ccccc2)cc1. The van der Waals surface area contributed by atoms with Crippen LogP contribution in [0.1, 0.15) is 35.4 Å². The largest absolute Gasteiger partial charge is 0.334 e. The molecule has 300 valence electrons. The van der Waals surface area contributed by atoms with E-state index in [0.29, 0.717) is 0 Å². The number of hydrogen-bond donors (Lipinski definition) is 0. The van der Waals surface area contributed by atoms with Gasteiger partial charge in [-0.1, -0.05) is 195 Å². The molecular formula is C60H50N2. The van der Waals surface area contributed by atoms with E-state index < -0.39 is 0 Å². The normalized spacial score (nSPS) is 15.9. The van der Waals surface area contributed by atoms with E-state index in [9.17, 15) is 0 Å². The van der Waals surface area contributed by atoms with Crippen molar-refractivity contribution in [3.05, 3.63) is 278 Å². The van der Waals surface area contributed by atoms with Gasteiger partial charge in [-0.15, -0.1) is 0 Å². The average Bonchev–Trinajstić information content (AvgIpc) is 3.36. The van der Waals surface area contributed by atoms with Crippen LogP contribution in [0.3, 0.4) is 0 Å². The zero-order valence-electron chi connectivity index (χ0n) is 35.0. The van der Waals surface area contributed by atoms with Crippen LogP contribution in [0, 0.1) is 0 Å². The molecule has 0 saturated carbocycles. The molecule has 0 saturated heterocycles. The van der Waals surface area contributed by atoms with Crippen molar-refractivity contribution in [2.24, 2.45) is 0 Å². The van der Waals surface area contributed by atoms with Gasteiger partial charge >= 0.3 is 0 Å². The molecule has 0 N–H and O–H groups in total. The van der Waals surface area contributed by atoms with Crippen molar-refractivity contribution < 1.29 is 0 Å². The molecule has 0 amide bonds. The third kappa shape index (κ3) is 8.77. The number of benzene rings is 7. The molecule has 0 aromatic heterocycles. The zero-order valence-corrected chi connectivity index (χ0v) is 35.0. The van der Waals surface area contributed by atoms with Gasteiger partial charge in [0, 0.05) is 34.4 Å². The first-order valence-electron chi connectivity index (χ1n) is 21.5. The van der Waals surface area contributed by atoms with Crippen LogP contribution in [0.4, 0.5) is 22.7 Å². The fourth-order valence-electron chi connectivity index (χ4n) is 8.67. The molecule has 0 heterocycles. The van der Waals surface area contributed by atoms with E-state index >= 15 is 0 Å². The third-order valence-electron chi connectivity index (χ3n) is 11.9. The summed E-state index contributed by atoms with van der Waals surface area (Å²) in [6.07, 6.45) is 21.7. The van der Waals surface area contributed by atoms with Crippen molar-refractivity contribution in [2.45, 2.75) is 24.8 Å². The van der Waals surface area contributed by atoms with Crippen molar-refractivity contribution in [2.75, 3.05) is 9.80 Å². The Kier molecular flexibility index (Phi) is 12.0. The average molecular weight is 799 g/mol. The smallest absolute Gasteiger partial charge is 0.0560 e. The van der Waals surface area contributed by atoms with Crippen LogP contribution in [0.5, 0.6) is 0 Å². The van der Waals surface area contributed by atoms with Gasteiger partial charge in [-0.2, -0.15) is 0 Å². The Balaban J connectivity index is 0.923. The van der Waals surface area contributed by atoms with Crippen LogP contribution in [0.25, 0.3) is 33.4 Å². The molecular weight excluding hydrogens is 749 g/mol. The van der Waals surface area contributed by atoms with Crippen LogP contribution >= 0.6 is 0 Å². The zero-order chi connectivity index (χ0) is 42.1. The van der Waals surface area contributed by atoms with Crippen LogP contribution in [0.2, 0.25) is 0 Å². The molecule has 0 spiro atoms. The summed E-state index contributed by atoms with van der Waals surface area (Å²) in [5.41, 5.74) is 16.6. The Morgan fingerprint density at radius 2 is 1.02 bits per heavy atom.